The van der Waals surface area contributed by atoms with Crippen LogP contribution < -0.4 is 10.1 Å². The molecular weight excluding hydrogens is 551 g/mol. The van der Waals surface area contributed by atoms with Crippen LogP contribution >= 0.6 is 0 Å². The minimum atomic E-state index is -4.96. The smallest absolute Gasteiger partial charge is 0.471 e. The summed E-state index contributed by atoms with van der Waals surface area (Å²) in [7, 11) is 1.60. The minimum Gasteiger partial charge on any atom is -0.497 e. The van der Waals surface area contributed by atoms with Crippen LogP contribution in [0.2, 0.25) is 0 Å². The van der Waals surface area contributed by atoms with E-state index >= 15 is 0 Å². The lowest BCUT2D eigenvalue weighted by Gasteiger charge is -2.23. The highest BCUT2D eigenvalue weighted by Gasteiger charge is 2.39. The number of pyridine rings is 1. The fourth-order valence-electron chi connectivity index (χ4n) is 4.95. The second-order valence-corrected chi connectivity index (χ2v) is 9.93. The Morgan fingerprint density at radius 3 is 2.40 bits per heavy atom. The van der Waals surface area contributed by atoms with E-state index in [0.717, 1.165) is 33.4 Å². The van der Waals surface area contributed by atoms with Gasteiger partial charge in [-0.25, -0.2) is 14.5 Å². The van der Waals surface area contributed by atoms with Gasteiger partial charge in [-0.1, -0.05) is 42.5 Å². The summed E-state index contributed by atoms with van der Waals surface area (Å²) in [4.78, 5) is 28.8. The first kappa shape index (κ1) is 28.7. The molecule has 0 bridgehead atoms. The largest absolute Gasteiger partial charge is 0.497 e. The van der Waals surface area contributed by atoms with Crippen molar-refractivity contribution in [1.29, 1.82) is 0 Å². The first-order valence-corrected chi connectivity index (χ1v) is 13.2. The molecule has 4 aromatic rings. The van der Waals surface area contributed by atoms with Gasteiger partial charge < -0.3 is 20.1 Å². The number of benzene rings is 2. The zero-order valence-electron chi connectivity index (χ0n) is 22.9. The number of fused-ring (bicyclic) bond motifs is 1. The molecule has 2 N–H and O–H groups in total. The van der Waals surface area contributed by atoms with Crippen molar-refractivity contribution in [3.8, 4) is 16.9 Å². The van der Waals surface area contributed by atoms with Crippen LogP contribution in [0.5, 0.6) is 5.75 Å². The van der Waals surface area contributed by atoms with E-state index in [0.29, 0.717) is 36.4 Å². The molecule has 2 amide bonds. The number of nitrogens with zero attached hydrogens (tertiary/aromatic N) is 4. The number of alkyl halides is 3. The number of amides is 2. The molecule has 42 heavy (non-hydrogen) atoms. The van der Waals surface area contributed by atoms with Crippen molar-refractivity contribution in [3.05, 3.63) is 83.7 Å². The standard InChI is InChI=1S/C30H28F3N5O4/c1-18(35-28(39)30(31,32)33)20-5-7-21(8-6-20)24-11-14-34-27-25(24)26(22-12-15-37(16-13-22)29(40)41)36-38(27)17-19-3-9-23(42-2)10-4-19/h3-12,14,18H,13,15-17H2,1-2H3,(H,35,39)(H,40,41)/t18-/m1/s1. The molecule has 12 heteroatoms. The van der Waals surface area contributed by atoms with Gasteiger partial charge in [0.1, 0.15) is 5.75 Å². The SMILES string of the molecule is COc1ccc(Cn2nc(C3=CCN(C(=O)O)CC3)c3c(-c4ccc([C@@H](C)NC(=O)C(F)(F)F)cc4)ccnc32)cc1. The Morgan fingerprint density at radius 2 is 1.81 bits per heavy atom. The molecule has 0 fully saturated rings. The number of ether oxygens (including phenoxy) is 1. The van der Waals surface area contributed by atoms with Crippen molar-refractivity contribution in [2.75, 3.05) is 20.2 Å². The van der Waals surface area contributed by atoms with E-state index in [-0.39, 0.29) is 6.54 Å². The Kier molecular flexibility index (Phi) is 7.88. The molecule has 218 valence electrons. The van der Waals surface area contributed by atoms with E-state index in [1.54, 1.807) is 37.6 Å². The van der Waals surface area contributed by atoms with Crippen LogP contribution in [-0.2, 0) is 11.3 Å². The van der Waals surface area contributed by atoms with Crippen LogP contribution in [0.3, 0.4) is 0 Å². The van der Waals surface area contributed by atoms with Crippen LogP contribution in [-0.4, -0.2) is 63.1 Å². The minimum absolute atomic E-state index is 0.239. The molecular formula is C30H28F3N5O4. The molecule has 2 aromatic carbocycles. The number of carbonyl (C=O) groups excluding carboxylic acids is 1. The summed E-state index contributed by atoms with van der Waals surface area (Å²) in [5, 5.41) is 17.1. The maximum Gasteiger partial charge on any atom is 0.471 e. The summed E-state index contributed by atoms with van der Waals surface area (Å²) in [5.41, 5.74) is 5.33. The third-order valence-corrected chi connectivity index (χ3v) is 7.23. The summed E-state index contributed by atoms with van der Waals surface area (Å²) >= 11 is 0. The Bertz CT molecular complexity index is 1650. The van der Waals surface area contributed by atoms with Crippen molar-refractivity contribution in [2.24, 2.45) is 0 Å². The number of halogens is 3. The van der Waals surface area contributed by atoms with Crippen molar-refractivity contribution in [3.63, 3.8) is 0 Å². The molecule has 2 aromatic heterocycles. The number of hydrogen-bond donors (Lipinski definition) is 2. The molecule has 0 saturated heterocycles. The first-order chi connectivity index (χ1) is 20.0. The number of carbonyl (C=O) groups is 2. The predicted molar refractivity (Wildman–Crippen MR) is 150 cm³/mol. The second-order valence-electron chi connectivity index (χ2n) is 9.93. The lowest BCUT2D eigenvalue weighted by atomic mass is 9.96. The Hall–Kier alpha value is -4.87. The Labute approximate surface area is 239 Å². The average Bonchev–Trinajstić information content (AvgIpc) is 3.35. The van der Waals surface area contributed by atoms with Crippen LogP contribution in [0, 0.1) is 0 Å². The zero-order chi connectivity index (χ0) is 30.0. The number of rotatable bonds is 7. The highest BCUT2D eigenvalue weighted by molar-refractivity contribution is 6.00. The van der Waals surface area contributed by atoms with Crippen molar-refractivity contribution >= 4 is 28.6 Å². The number of carboxylic acid groups (broad SMARTS) is 1. The maximum absolute atomic E-state index is 12.7. The number of nitrogens with one attached hydrogen (secondary N) is 1. The van der Waals surface area contributed by atoms with E-state index in [1.165, 1.54) is 11.8 Å². The average molecular weight is 580 g/mol. The fourth-order valence-corrected chi connectivity index (χ4v) is 4.95. The lowest BCUT2D eigenvalue weighted by Crippen LogP contribution is -2.38. The molecule has 1 atom stereocenters. The molecule has 9 nitrogen and oxygen atoms in total. The summed E-state index contributed by atoms with van der Waals surface area (Å²) in [6, 6.07) is 15.5. The van der Waals surface area contributed by atoms with E-state index < -0.39 is 24.2 Å². The lowest BCUT2D eigenvalue weighted by molar-refractivity contribution is -0.174. The summed E-state index contributed by atoms with van der Waals surface area (Å²) < 4.78 is 45.2. The second kappa shape index (κ2) is 11.6. The Balaban J connectivity index is 1.54. The summed E-state index contributed by atoms with van der Waals surface area (Å²) in [6.45, 7) is 2.49. The third kappa shape index (κ3) is 5.92. The molecule has 0 radical (unpaired) electrons. The molecule has 5 rings (SSSR count). The van der Waals surface area contributed by atoms with Crippen LogP contribution in [0.15, 0.2) is 66.9 Å². The van der Waals surface area contributed by atoms with Gasteiger partial charge in [0.05, 0.1) is 30.8 Å². The molecule has 3 heterocycles. The van der Waals surface area contributed by atoms with Crippen LogP contribution in [0.1, 0.15) is 36.2 Å². The third-order valence-electron chi connectivity index (χ3n) is 7.23. The molecule has 0 saturated carbocycles. The van der Waals surface area contributed by atoms with Gasteiger partial charge in [0.25, 0.3) is 0 Å². The molecule has 0 aliphatic carbocycles. The van der Waals surface area contributed by atoms with Crippen molar-refractivity contribution in [1.82, 2.24) is 25.0 Å². The summed E-state index contributed by atoms with van der Waals surface area (Å²) in [6.07, 6.45) is -1.93. The van der Waals surface area contributed by atoms with Gasteiger partial charge in [-0.3, -0.25) is 4.79 Å². The number of hydrogen-bond acceptors (Lipinski definition) is 5. The van der Waals surface area contributed by atoms with Crippen molar-refractivity contribution in [2.45, 2.75) is 32.1 Å². The summed E-state index contributed by atoms with van der Waals surface area (Å²) in [5.74, 6) is -1.26. The Morgan fingerprint density at radius 1 is 1.10 bits per heavy atom. The van der Waals surface area contributed by atoms with Gasteiger partial charge in [0, 0.05) is 19.3 Å². The normalized spacial score (nSPS) is 14.4. The van der Waals surface area contributed by atoms with Crippen LogP contribution in [0.25, 0.3) is 27.7 Å². The molecule has 1 aliphatic rings. The van der Waals surface area contributed by atoms with Gasteiger partial charge in [0.2, 0.25) is 0 Å². The van der Waals surface area contributed by atoms with Crippen LogP contribution in [0.4, 0.5) is 18.0 Å². The monoisotopic (exact) mass is 579 g/mol. The van der Waals surface area contributed by atoms with Crippen molar-refractivity contribution < 1.29 is 32.6 Å². The van der Waals surface area contributed by atoms with Gasteiger partial charge in [-0.2, -0.15) is 18.3 Å². The van der Waals surface area contributed by atoms with E-state index in [9.17, 15) is 27.9 Å². The van der Waals surface area contributed by atoms with Gasteiger partial charge in [-0.15, -0.1) is 0 Å². The van der Waals surface area contributed by atoms with Gasteiger partial charge in [-0.05, 0) is 59.4 Å². The highest BCUT2D eigenvalue weighted by Crippen LogP contribution is 2.36. The van der Waals surface area contributed by atoms with E-state index in [4.69, 9.17) is 9.84 Å². The number of methoxy groups -OCH3 is 1. The fraction of sp³-hybridized carbons (Fsp3) is 0.267. The van der Waals surface area contributed by atoms with Gasteiger partial charge in [0.15, 0.2) is 5.65 Å². The zero-order valence-corrected chi connectivity index (χ0v) is 22.9. The number of aromatic nitrogens is 3. The topological polar surface area (TPSA) is 110 Å². The molecule has 1 aliphatic heterocycles. The predicted octanol–water partition coefficient (Wildman–Crippen LogP) is 5.66. The molecule has 0 unspecified atom stereocenters. The van der Waals surface area contributed by atoms with E-state index in [1.807, 2.05) is 46.4 Å². The van der Waals surface area contributed by atoms with Gasteiger partial charge >= 0.3 is 18.2 Å². The first-order valence-electron chi connectivity index (χ1n) is 13.2. The van der Waals surface area contributed by atoms with E-state index in [2.05, 4.69) is 4.98 Å². The molecule has 0 spiro atoms. The quantitative estimate of drug-likeness (QED) is 0.292. The highest BCUT2D eigenvalue weighted by atomic mass is 19.4. The maximum atomic E-state index is 12.7.